The third kappa shape index (κ3) is 4.70. The standard InChI is InChI=1S/C11H20N4O2/c1-2-12-7-10-14-15-11(17-10)13-5-6-16-8-9-3-4-9/h9,12H,2-8H2,1H3,(H,13,15). The average Bonchev–Trinajstić information content (AvgIpc) is 3.05. The highest BCUT2D eigenvalue weighted by Gasteiger charge is 2.20. The lowest BCUT2D eigenvalue weighted by molar-refractivity contribution is 0.133. The van der Waals surface area contributed by atoms with Crippen molar-refractivity contribution in [3.05, 3.63) is 5.89 Å². The van der Waals surface area contributed by atoms with Crippen molar-refractivity contribution in [1.82, 2.24) is 15.5 Å². The molecule has 0 aromatic carbocycles. The molecule has 1 heterocycles. The largest absolute Gasteiger partial charge is 0.407 e. The van der Waals surface area contributed by atoms with Crippen molar-refractivity contribution in [2.45, 2.75) is 26.3 Å². The van der Waals surface area contributed by atoms with Crippen LogP contribution < -0.4 is 10.6 Å². The molecule has 6 nitrogen and oxygen atoms in total. The lowest BCUT2D eigenvalue weighted by Crippen LogP contribution is -2.12. The molecule has 2 rings (SSSR count). The molecule has 0 amide bonds. The van der Waals surface area contributed by atoms with Crippen LogP contribution in [0, 0.1) is 5.92 Å². The van der Waals surface area contributed by atoms with Crippen molar-refractivity contribution < 1.29 is 9.15 Å². The molecule has 17 heavy (non-hydrogen) atoms. The van der Waals surface area contributed by atoms with Crippen LogP contribution in [0.1, 0.15) is 25.7 Å². The minimum Gasteiger partial charge on any atom is -0.407 e. The van der Waals surface area contributed by atoms with Crippen molar-refractivity contribution >= 4 is 6.01 Å². The van der Waals surface area contributed by atoms with Crippen molar-refractivity contribution in [1.29, 1.82) is 0 Å². The Balaban J connectivity index is 1.55. The maximum absolute atomic E-state index is 5.49. The van der Waals surface area contributed by atoms with Crippen molar-refractivity contribution in [3.8, 4) is 0 Å². The molecular formula is C11H20N4O2. The molecule has 6 heteroatoms. The van der Waals surface area contributed by atoms with E-state index in [0.29, 0.717) is 31.6 Å². The first-order valence-electron chi connectivity index (χ1n) is 6.23. The molecule has 0 aliphatic heterocycles. The zero-order valence-corrected chi connectivity index (χ0v) is 10.2. The molecular weight excluding hydrogens is 220 g/mol. The topological polar surface area (TPSA) is 72.2 Å². The van der Waals surface area contributed by atoms with Gasteiger partial charge in [0.1, 0.15) is 0 Å². The van der Waals surface area contributed by atoms with Crippen LogP contribution in [0.15, 0.2) is 4.42 Å². The molecule has 1 saturated carbocycles. The number of aromatic nitrogens is 2. The smallest absolute Gasteiger partial charge is 0.315 e. The van der Waals surface area contributed by atoms with Gasteiger partial charge in [-0.05, 0) is 25.3 Å². The molecule has 0 radical (unpaired) electrons. The molecule has 0 atom stereocenters. The van der Waals surface area contributed by atoms with E-state index < -0.39 is 0 Å². The van der Waals surface area contributed by atoms with E-state index in [4.69, 9.17) is 9.15 Å². The molecule has 0 spiro atoms. The van der Waals surface area contributed by atoms with Gasteiger partial charge in [0.2, 0.25) is 5.89 Å². The summed E-state index contributed by atoms with van der Waals surface area (Å²) >= 11 is 0. The minimum atomic E-state index is 0.466. The maximum atomic E-state index is 5.49. The van der Waals surface area contributed by atoms with Gasteiger partial charge in [0, 0.05) is 13.2 Å². The predicted octanol–water partition coefficient (Wildman–Crippen LogP) is 1.02. The quantitative estimate of drug-likeness (QED) is 0.628. The molecule has 1 aliphatic carbocycles. The van der Waals surface area contributed by atoms with Crippen molar-refractivity contribution in [2.75, 3.05) is 31.6 Å². The first kappa shape index (κ1) is 12.3. The lowest BCUT2D eigenvalue weighted by Gasteiger charge is -2.02. The van der Waals surface area contributed by atoms with Crippen LogP contribution in [0.4, 0.5) is 6.01 Å². The number of rotatable bonds is 9. The predicted molar refractivity (Wildman–Crippen MR) is 63.7 cm³/mol. The van der Waals surface area contributed by atoms with Crippen LogP contribution in [0.3, 0.4) is 0 Å². The number of anilines is 1. The van der Waals surface area contributed by atoms with Gasteiger partial charge in [0.25, 0.3) is 0 Å². The third-order valence-corrected chi connectivity index (χ3v) is 2.57. The van der Waals surface area contributed by atoms with E-state index in [1.54, 1.807) is 0 Å². The summed E-state index contributed by atoms with van der Waals surface area (Å²) in [5.74, 6) is 1.42. The monoisotopic (exact) mass is 240 g/mol. The van der Waals surface area contributed by atoms with E-state index >= 15 is 0 Å². The highest BCUT2D eigenvalue weighted by atomic mass is 16.5. The SMILES string of the molecule is CCNCc1nnc(NCCOCC2CC2)o1. The normalized spacial score (nSPS) is 15.1. The molecule has 0 saturated heterocycles. The summed E-state index contributed by atoms with van der Waals surface area (Å²) in [4.78, 5) is 0. The van der Waals surface area contributed by atoms with Gasteiger partial charge >= 0.3 is 6.01 Å². The Bertz CT molecular complexity index is 325. The molecule has 1 fully saturated rings. The first-order chi connectivity index (χ1) is 8.38. The van der Waals surface area contributed by atoms with E-state index in [9.17, 15) is 0 Å². The molecule has 1 aliphatic rings. The molecule has 0 unspecified atom stereocenters. The summed E-state index contributed by atoms with van der Waals surface area (Å²) in [7, 11) is 0. The van der Waals surface area contributed by atoms with Gasteiger partial charge in [-0.1, -0.05) is 12.0 Å². The average molecular weight is 240 g/mol. The second-order valence-electron chi connectivity index (χ2n) is 4.23. The third-order valence-electron chi connectivity index (χ3n) is 2.57. The minimum absolute atomic E-state index is 0.466. The summed E-state index contributed by atoms with van der Waals surface area (Å²) in [5, 5.41) is 14.0. The Morgan fingerprint density at radius 1 is 1.41 bits per heavy atom. The Morgan fingerprint density at radius 3 is 3.06 bits per heavy atom. The Morgan fingerprint density at radius 2 is 2.29 bits per heavy atom. The number of nitrogens with one attached hydrogen (secondary N) is 2. The Hall–Kier alpha value is -1.14. The van der Waals surface area contributed by atoms with Crippen LogP contribution in [-0.4, -0.2) is 36.5 Å². The second kappa shape index (κ2) is 6.56. The van der Waals surface area contributed by atoms with Crippen LogP contribution >= 0.6 is 0 Å². The van der Waals surface area contributed by atoms with Gasteiger partial charge in [0.15, 0.2) is 0 Å². The van der Waals surface area contributed by atoms with Gasteiger partial charge in [0.05, 0.1) is 13.2 Å². The summed E-state index contributed by atoms with van der Waals surface area (Å²) in [6.07, 6.45) is 2.65. The fourth-order valence-corrected chi connectivity index (χ4v) is 1.39. The van der Waals surface area contributed by atoms with Gasteiger partial charge in [-0.2, -0.15) is 0 Å². The van der Waals surface area contributed by atoms with E-state index in [0.717, 1.165) is 19.1 Å². The van der Waals surface area contributed by atoms with E-state index in [2.05, 4.69) is 20.8 Å². The lowest BCUT2D eigenvalue weighted by atomic mass is 10.5. The molecule has 0 bridgehead atoms. The second-order valence-corrected chi connectivity index (χ2v) is 4.23. The van der Waals surface area contributed by atoms with Crippen LogP contribution in [-0.2, 0) is 11.3 Å². The van der Waals surface area contributed by atoms with Crippen LogP contribution in [0.2, 0.25) is 0 Å². The highest BCUT2D eigenvalue weighted by Crippen LogP contribution is 2.28. The molecule has 96 valence electrons. The van der Waals surface area contributed by atoms with Crippen LogP contribution in [0.25, 0.3) is 0 Å². The Kier molecular flexibility index (Phi) is 4.75. The summed E-state index contributed by atoms with van der Waals surface area (Å²) < 4.78 is 10.9. The highest BCUT2D eigenvalue weighted by molar-refractivity contribution is 5.16. The fourth-order valence-electron chi connectivity index (χ4n) is 1.39. The zero-order chi connectivity index (χ0) is 11.9. The molecule has 1 aromatic heterocycles. The van der Waals surface area contributed by atoms with Crippen molar-refractivity contribution in [3.63, 3.8) is 0 Å². The number of hydrogen-bond donors (Lipinski definition) is 2. The number of ether oxygens (including phenoxy) is 1. The number of nitrogens with zero attached hydrogens (tertiary/aromatic N) is 2. The van der Waals surface area contributed by atoms with Crippen molar-refractivity contribution in [2.24, 2.45) is 5.92 Å². The van der Waals surface area contributed by atoms with Gasteiger partial charge in [-0.15, -0.1) is 5.10 Å². The van der Waals surface area contributed by atoms with E-state index in [1.807, 2.05) is 6.92 Å². The Labute approximate surface area is 101 Å². The summed E-state index contributed by atoms with van der Waals surface area (Å²) in [5.41, 5.74) is 0. The summed E-state index contributed by atoms with van der Waals surface area (Å²) in [6.45, 7) is 5.81. The molecule has 1 aromatic rings. The fraction of sp³-hybridized carbons (Fsp3) is 0.818. The van der Waals surface area contributed by atoms with Crippen LogP contribution in [0.5, 0.6) is 0 Å². The zero-order valence-electron chi connectivity index (χ0n) is 10.2. The van der Waals surface area contributed by atoms with E-state index in [-0.39, 0.29) is 0 Å². The maximum Gasteiger partial charge on any atom is 0.315 e. The van der Waals surface area contributed by atoms with Gasteiger partial charge in [-0.3, -0.25) is 0 Å². The van der Waals surface area contributed by atoms with Gasteiger partial charge < -0.3 is 19.8 Å². The van der Waals surface area contributed by atoms with E-state index in [1.165, 1.54) is 12.8 Å². The van der Waals surface area contributed by atoms with Gasteiger partial charge in [-0.25, -0.2) is 0 Å². The first-order valence-corrected chi connectivity index (χ1v) is 6.23. The molecule has 2 N–H and O–H groups in total. The summed E-state index contributed by atoms with van der Waals surface area (Å²) in [6, 6.07) is 0.466. The number of hydrogen-bond acceptors (Lipinski definition) is 6.